The Morgan fingerprint density at radius 2 is 2.22 bits per heavy atom. The molecule has 1 aromatic rings. The third-order valence-corrected chi connectivity index (χ3v) is 3.58. The number of hydrogen-bond acceptors (Lipinski definition) is 4. The molecule has 1 unspecified atom stereocenters. The van der Waals surface area contributed by atoms with E-state index in [4.69, 9.17) is 10.3 Å². The molecule has 1 fully saturated rings. The number of amides is 1. The summed E-state index contributed by atoms with van der Waals surface area (Å²) in [5.74, 6) is -0.405. The van der Waals surface area contributed by atoms with E-state index in [1.807, 2.05) is 7.05 Å². The highest BCUT2D eigenvalue weighted by Crippen LogP contribution is 2.30. The molecule has 0 radical (unpaired) electrons. The summed E-state index contributed by atoms with van der Waals surface area (Å²) in [7, 11) is 1.97. The number of likely N-dealkylation sites (N-methyl/N-ethyl adjacent to an activating group) is 1. The second-order valence-electron chi connectivity index (χ2n) is 4.89. The number of likely N-dealkylation sites (tertiary alicyclic amines) is 1. The van der Waals surface area contributed by atoms with Crippen molar-refractivity contribution in [3.05, 3.63) is 18.0 Å². The van der Waals surface area contributed by atoms with Crippen LogP contribution in [-0.4, -0.2) is 46.9 Å². The molecule has 3 N–H and O–H groups in total. The summed E-state index contributed by atoms with van der Waals surface area (Å²) < 4.78 is 5.27. The Hall–Kier alpha value is -0.920. The number of halogens is 1. The number of rotatable bonds is 3. The number of quaternary nitrogens is 1. The van der Waals surface area contributed by atoms with Crippen LogP contribution >= 0.6 is 0 Å². The van der Waals surface area contributed by atoms with E-state index in [1.54, 1.807) is 6.07 Å². The molecule has 6 nitrogen and oxygen atoms in total. The third kappa shape index (κ3) is 2.90. The summed E-state index contributed by atoms with van der Waals surface area (Å²) in [6.45, 7) is 1.42. The fourth-order valence-corrected chi connectivity index (χ4v) is 2.54. The molecule has 0 aromatic carbocycles. The molecule has 1 atom stereocenters. The number of aliphatic hydroxyl groups excluding tert-OH is 1. The van der Waals surface area contributed by atoms with Crippen LogP contribution in [0.15, 0.2) is 16.9 Å². The third-order valence-electron chi connectivity index (χ3n) is 3.58. The van der Waals surface area contributed by atoms with Crippen LogP contribution in [0.1, 0.15) is 24.6 Å². The van der Waals surface area contributed by atoms with E-state index in [0.29, 0.717) is 36.1 Å². The fourth-order valence-electron chi connectivity index (χ4n) is 2.54. The maximum Gasteiger partial charge on any atom is 0.282 e. The normalized spacial score (nSPS) is 29.3. The highest BCUT2D eigenvalue weighted by Gasteiger charge is 2.42. The number of aromatic nitrogens is 1. The maximum atomic E-state index is 11.6. The van der Waals surface area contributed by atoms with Gasteiger partial charge in [0.05, 0.1) is 26.2 Å². The van der Waals surface area contributed by atoms with E-state index in [1.165, 1.54) is 6.26 Å². The first-order chi connectivity index (χ1) is 8.03. The average molecular weight is 320 g/mol. The molecule has 0 aliphatic carbocycles. The van der Waals surface area contributed by atoms with Crippen molar-refractivity contribution in [1.82, 2.24) is 5.16 Å². The molecule has 1 aliphatic heterocycles. The SMILES string of the molecule is C[N+]1(C(C(N)=O)c2ccon2)CCC(O)CC1.[Br-]. The molecule has 2 heterocycles. The number of piperidine rings is 1. The van der Waals surface area contributed by atoms with Gasteiger partial charge in [-0.3, -0.25) is 4.79 Å². The lowest BCUT2D eigenvalue weighted by Crippen LogP contribution is -3.00. The molecule has 0 bridgehead atoms. The zero-order valence-corrected chi connectivity index (χ0v) is 11.8. The average Bonchev–Trinajstić information content (AvgIpc) is 2.76. The Labute approximate surface area is 116 Å². The minimum Gasteiger partial charge on any atom is -1.00 e. The van der Waals surface area contributed by atoms with Gasteiger partial charge in [0.2, 0.25) is 6.04 Å². The molecule has 0 saturated carbocycles. The lowest BCUT2D eigenvalue weighted by molar-refractivity contribution is -0.935. The standard InChI is InChI=1S/C11H17N3O3.BrH/c1-14(5-2-8(15)3-6-14)10(11(12)16)9-4-7-17-13-9;/h4,7-8,10,15H,2-3,5-6H2,1H3,(H-,12,16);1H. The molecule has 0 spiro atoms. The zero-order valence-electron chi connectivity index (χ0n) is 10.3. The molecule has 1 saturated heterocycles. The number of aliphatic hydroxyl groups is 1. The summed E-state index contributed by atoms with van der Waals surface area (Å²) in [5.41, 5.74) is 6.05. The minimum atomic E-state index is -0.499. The molecule has 1 amide bonds. The van der Waals surface area contributed by atoms with Gasteiger partial charge in [-0.05, 0) is 0 Å². The second kappa shape index (κ2) is 5.81. The number of nitrogens with zero attached hydrogens (tertiary/aromatic N) is 2. The summed E-state index contributed by atoms with van der Waals surface area (Å²) >= 11 is 0. The van der Waals surface area contributed by atoms with Crippen molar-refractivity contribution in [3.63, 3.8) is 0 Å². The molecule has 1 aliphatic rings. The van der Waals surface area contributed by atoms with E-state index in [-0.39, 0.29) is 23.1 Å². The van der Waals surface area contributed by atoms with Gasteiger partial charge in [-0.25, -0.2) is 0 Å². The molecule has 102 valence electrons. The van der Waals surface area contributed by atoms with Crippen LogP contribution in [0.2, 0.25) is 0 Å². The smallest absolute Gasteiger partial charge is 0.282 e. The van der Waals surface area contributed by atoms with Crippen LogP contribution in [0.25, 0.3) is 0 Å². The molecular weight excluding hydrogens is 302 g/mol. The zero-order chi connectivity index (χ0) is 12.5. The van der Waals surface area contributed by atoms with Gasteiger partial charge >= 0.3 is 0 Å². The van der Waals surface area contributed by atoms with Crippen LogP contribution in [0.3, 0.4) is 0 Å². The van der Waals surface area contributed by atoms with Gasteiger partial charge in [-0.15, -0.1) is 0 Å². The highest BCUT2D eigenvalue weighted by atomic mass is 79.9. The van der Waals surface area contributed by atoms with Crippen molar-refractivity contribution in [2.75, 3.05) is 20.1 Å². The number of primary amides is 1. The Morgan fingerprint density at radius 1 is 1.61 bits per heavy atom. The van der Waals surface area contributed by atoms with Gasteiger partial charge in [0.25, 0.3) is 5.91 Å². The van der Waals surface area contributed by atoms with E-state index in [0.717, 1.165) is 0 Å². The molecule has 1 aromatic heterocycles. The van der Waals surface area contributed by atoms with Crippen LogP contribution in [0.4, 0.5) is 0 Å². The highest BCUT2D eigenvalue weighted by molar-refractivity contribution is 5.79. The summed E-state index contributed by atoms with van der Waals surface area (Å²) in [4.78, 5) is 11.6. The largest absolute Gasteiger partial charge is 1.00 e. The first kappa shape index (κ1) is 15.1. The van der Waals surface area contributed by atoms with Crippen molar-refractivity contribution in [3.8, 4) is 0 Å². The van der Waals surface area contributed by atoms with Gasteiger partial charge in [0, 0.05) is 18.9 Å². The first-order valence-electron chi connectivity index (χ1n) is 5.75. The summed E-state index contributed by atoms with van der Waals surface area (Å²) in [5, 5.41) is 13.4. The Bertz CT molecular complexity index is 388. The fraction of sp³-hybridized carbons (Fsp3) is 0.636. The summed E-state index contributed by atoms with van der Waals surface area (Å²) in [6.07, 6.45) is 2.53. The van der Waals surface area contributed by atoms with E-state index in [2.05, 4.69) is 5.16 Å². The van der Waals surface area contributed by atoms with Crippen LogP contribution in [0, 0.1) is 0 Å². The van der Waals surface area contributed by atoms with E-state index >= 15 is 0 Å². The van der Waals surface area contributed by atoms with Gasteiger partial charge in [0.1, 0.15) is 6.26 Å². The number of hydrogen-bond donors (Lipinski definition) is 2. The Balaban J connectivity index is 0.00000162. The van der Waals surface area contributed by atoms with Crippen LogP contribution in [-0.2, 0) is 4.79 Å². The Kier molecular flexibility index (Phi) is 4.89. The number of carbonyl (C=O) groups is 1. The van der Waals surface area contributed by atoms with Crippen molar-refractivity contribution < 1.29 is 35.9 Å². The Morgan fingerprint density at radius 3 is 2.67 bits per heavy atom. The van der Waals surface area contributed by atoms with Crippen molar-refractivity contribution in [2.45, 2.75) is 25.0 Å². The van der Waals surface area contributed by atoms with Gasteiger partial charge in [0.15, 0.2) is 5.69 Å². The molecule has 18 heavy (non-hydrogen) atoms. The minimum absolute atomic E-state index is 0. The van der Waals surface area contributed by atoms with Gasteiger partial charge in [-0.1, -0.05) is 5.16 Å². The monoisotopic (exact) mass is 319 g/mol. The molecule has 2 rings (SSSR count). The van der Waals surface area contributed by atoms with Crippen molar-refractivity contribution in [2.24, 2.45) is 5.73 Å². The maximum absolute atomic E-state index is 11.6. The summed E-state index contributed by atoms with van der Waals surface area (Å²) in [6, 6.07) is 1.17. The topological polar surface area (TPSA) is 89.4 Å². The predicted molar refractivity (Wildman–Crippen MR) is 59.6 cm³/mol. The molecule has 7 heteroatoms. The lowest BCUT2D eigenvalue weighted by atomic mass is 10.00. The van der Waals surface area contributed by atoms with E-state index < -0.39 is 11.9 Å². The number of nitrogens with two attached hydrogens (primary N) is 1. The first-order valence-corrected chi connectivity index (χ1v) is 5.75. The lowest BCUT2D eigenvalue weighted by Gasteiger charge is -2.42. The van der Waals surface area contributed by atoms with Crippen molar-refractivity contribution in [1.29, 1.82) is 0 Å². The second-order valence-corrected chi connectivity index (χ2v) is 4.89. The van der Waals surface area contributed by atoms with Gasteiger partial charge in [-0.2, -0.15) is 0 Å². The van der Waals surface area contributed by atoms with E-state index in [9.17, 15) is 9.90 Å². The number of carbonyl (C=O) groups excluding carboxylic acids is 1. The quantitative estimate of drug-likeness (QED) is 0.574. The molecular formula is C11H18BrN3O3. The predicted octanol–water partition coefficient (Wildman–Crippen LogP) is -3.19. The van der Waals surface area contributed by atoms with Crippen LogP contribution in [0.5, 0.6) is 0 Å². The van der Waals surface area contributed by atoms with Crippen LogP contribution < -0.4 is 22.7 Å². The van der Waals surface area contributed by atoms with Crippen molar-refractivity contribution >= 4 is 5.91 Å². The van der Waals surface area contributed by atoms with Gasteiger partial charge < -0.3 is 36.8 Å².